The van der Waals surface area contributed by atoms with E-state index >= 15 is 0 Å². The molecule has 0 amide bonds. The van der Waals surface area contributed by atoms with Gasteiger partial charge in [-0.1, -0.05) is 13.8 Å². The zero-order chi connectivity index (χ0) is 25.6. The van der Waals surface area contributed by atoms with Crippen LogP contribution in [0.3, 0.4) is 0 Å². The van der Waals surface area contributed by atoms with Crippen LogP contribution >= 0.6 is 0 Å². The van der Waals surface area contributed by atoms with Gasteiger partial charge in [-0.05, 0) is 31.4 Å². The number of hydrazone groups is 1. The van der Waals surface area contributed by atoms with Gasteiger partial charge in [0.25, 0.3) is 11.4 Å². The van der Waals surface area contributed by atoms with Gasteiger partial charge in [-0.3, -0.25) is 25.7 Å². The van der Waals surface area contributed by atoms with Crippen molar-refractivity contribution in [2.24, 2.45) is 5.10 Å². The van der Waals surface area contributed by atoms with Crippen molar-refractivity contribution in [2.75, 3.05) is 36.5 Å². The molecule has 0 atom stereocenters. The van der Waals surface area contributed by atoms with Crippen molar-refractivity contribution in [3.63, 3.8) is 0 Å². The van der Waals surface area contributed by atoms with Crippen LogP contribution in [0, 0.1) is 20.2 Å². The summed E-state index contributed by atoms with van der Waals surface area (Å²) in [6.07, 6.45) is 4.55. The molecule has 1 heterocycles. The molecule has 1 aliphatic heterocycles. The van der Waals surface area contributed by atoms with Crippen molar-refractivity contribution >= 4 is 39.0 Å². The van der Waals surface area contributed by atoms with E-state index in [0.29, 0.717) is 5.56 Å². The van der Waals surface area contributed by atoms with Crippen LogP contribution in [-0.2, 0) is 10.0 Å². The number of rotatable bonds is 10. The minimum Gasteiger partial charge on any atom is -0.371 e. The maximum atomic E-state index is 13.1. The molecule has 2 aromatic carbocycles. The smallest absolute Gasteiger partial charge is 0.270 e. The van der Waals surface area contributed by atoms with Gasteiger partial charge >= 0.3 is 0 Å². The molecule has 3 rings (SSSR count). The van der Waals surface area contributed by atoms with Gasteiger partial charge in [-0.2, -0.15) is 9.41 Å². The predicted molar refractivity (Wildman–Crippen MR) is 134 cm³/mol. The van der Waals surface area contributed by atoms with Gasteiger partial charge in [-0.25, -0.2) is 8.42 Å². The van der Waals surface area contributed by atoms with Crippen molar-refractivity contribution < 1.29 is 18.3 Å². The van der Waals surface area contributed by atoms with Gasteiger partial charge in [0.15, 0.2) is 0 Å². The summed E-state index contributed by atoms with van der Waals surface area (Å²) in [7, 11) is -4.03. The first-order valence-electron chi connectivity index (χ1n) is 11.3. The Morgan fingerprint density at radius 3 is 2.20 bits per heavy atom. The lowest BCUT2D eigenvalue weighted by Gasteiger charge is -2.29. The molecule has 1 saturated heterocycles. The molecular formula is C22H28N6O6S. The van der Waals surface area contributed by atoms with Crippen molar-refractivity contribution in [3.05, 3.63) is 62.2 Å². The third-order valence-corrected chi connectivity index (χ3v) is 7.90. The average Bonchev–Trinajstić information content (AvgIpc) is 2.85. The molecule has 0 unspecified atom stereocenters. The number of benzene rings is 2. The Labute approximate surface area is 203 Å². The fourth-order valence-electron chi connectivity index (χ4n) is 3.99. The van der Waals surface area contributed by atoms with E-state index in [1.54, 1.807) is 19.9 Å². The minimum atomic E-state index is -4.03. The average molecular weight is 505 g/mol. The summed E-state index contributed by atoms with van der Waals surface area (Å²) in [6.45, 7) is 5.37. The zero-order valence-corrected chi connectivity index (χ0v) is 20.4. The highest BCUT2D eigenvalue weighted by molar-refractivity contribution is 7.89. The van der Waals surface area contributed by atoms with Gasteiger partial charge in [-0.15, -0.1) is 0 Å². The number of nitrogens with zero attached hydrogens (tertiary/aromatic N) is 5. The Bertz CT molecular complexity index is 1220. The number of nitro groups is 2. The molecular weight excluding hydrogens is 476 g/mol. The molecule has 188 valence electrons. The summed E-state index contributed by atoms with van der Waals surface area (Å²) in [5, 5.41) is 26.7. The van der Waals surface area contributed by atoms with E-state index in [-0.39, 0.29) is 35.0 Å². The van der Waals surface area contributed by atoms with E-state index in [2.05, 4.69) is 15.4 Å². The molecule has 13 heteroatoms. The molecule has 0 bridgehead atoms. The molecule has 0 saturated carbocycles. The number of hydrogen-bond donors (Lipinski definition) is 1. The summed E-state index contributed by atoms with van der Waals surface area (Å²) in [5.41, 5.74) is 3.57. The van der Waals surface area contributed by atoms with Gasteiger partial charge < -0.3 is 4.90 Å². The van der Waals surface area contributed by atoms with E-state index in [0.717, 1.165) is 44.1 Å². The third-order valence-electron chi connectivity index (χ3n) is 5.81. The van der Waals surface area contributed by atoms with Crippen LogP contribution in [0.15, 0.2) is 46.4 Å². The second-order valence-electron chi connectivity index (χ2n) is 7.94. The lowest BCUT2D eigenvalue weighted by atomic mass is 10.1. The summed E-state index contributed by atoms with van der Waals surface area (Å²) in [5.74, 6) is 0. The quantitative estimate of drug-likeness (QED) is 0.290. The molecule has 0 aliphatic carbocycles. The Hall–Kier alpha value is -3.58. The summed E-state index contributed by atoms with van der Waals surface area (Å²) in [6, 6.07) is 8.01. The highest BCUT2D eigenvalue weighted by atomic mass is 32.2. The monoisotopic (exact) mass is 504 g/mol. The van der Waals surface area contributed by atoms with Crippen LogP contribution in [0.1, 0.15) is 38.7 Å². The fraction of sp³-hybridized carbons (Fsp3) is 0.409. The summed E-state index contributed by atoms with van der Waals surface area (Å²) < 4.78 is 27.5. The van der Waals surface area contributed by atoms with Crippen molar-refractivity contribution in [3.8, 4) is 0 Å². The Balaban J connectivity index is 1.99. The predicted octanol–water partition coefficient (Wildman–Crippen LogP) is 3.97. The SMILES string of the molecule is CCN(CC)S(=O)(=O)c1cc([N+](=O)[O-])ccc1N/N=C\c1cc([N+](=O)[O-])ccc1N1CCCCC1. The van der Waals surface area contributed by atoms with E-state index in [9.17, 15) is 28.6 Å². The first-order valence-corrected chi connectivity index (χ1v) is 12.7. The third kappa shape index (κ3) is 5.92. The molecule has 1 fully saturated rings. The van der Waals surface area contributed by atoms with Crippen LogP contribution in [0.2, 0.25) is 0 Å². The fourth-order valence-corrected chi connectivity index (χ4v) is 5.61. The molecule has 1 N–H and O–H groups in total. The Morgan fingerprint density at radius 2 is 1.60 bits per heavy atom. The van der Waals surface area contributed by atoms with E-state index in [1.165, 1.54) is 34.8 Å². The van der Waals surface area contributed by atoms with Gasteiger partial charge in [0.2, 0.25) is 10.0 Å². The normalized spacial score (nSPS) is 14.4. The van der Waals surface area contributed by atoms with Crippen molar-refractivity contribution in [1.29, 1.82) is 0 Å². The molecule has 12 nitrogen and oxygen atoms in total. The second kappa shape index (κ2) is 11.2. The minimum absolute atomic E-state index is 0.0590. The second-order valence-corrected chi connectivity index (χ2v) is 9.85. The Kier molecular flexibility index (Phi) is 8.35. The highest BCUT2D eigenvalue weighted by Crippen LogP contribution is 2.30. The lowest BCUT2D eigenvalue weighted by Crippen LogP contribution is -2.31. The number of piperidine rings is 1. The van der Waals surface area contributed by atoms with E-state index in [4.69, 9.17) is 0 Å². The molecule has 35 heavy (non-hydrogen) atoms. The number of nitro benzene ring substituents is 2. The van der Waals surface area contributed by atoms with Crippen molar-refractivity contribution in [1.82, 2.24) is 4.31 Å². The van der Waals surface area contributed by atoms with E-state index in [1.807, 2.05) is 0 Å². The molecule has 1 aliphatic rings. The number of anilines is 2. The van der Waals surface area contributed by atoms with Crippen LogP contribution in [0.25, 0.3) is 0 Å². The summed E-state index contributed by atoms with van der Waals surface area (Å²) in [4.78, 5) is 23.3. The molecule has 0 spiro atoms. The highest BCUT2D eigenvalue weighted by Gasteiger charge is 2.27. The maximum Gasteiger partial charge on any atom is 0.270 e. The standard InChI is InChI=1S/C22H28N6O6S/c1-3-26(4-2)35(33,34)22-15-19(28(31)32)8-10-20(22)24-23-16-17-14-18(27(29)30)9-11-21(17)25-12-6-5-7-13-25/h8-11,14-16,24H,3-7,12-13H2,1-2H3/b23-16-. The maximum absolute atomic E-state index is 13.1. The Morgan fingerprint density at radius 1 is 1.00 bits per heavy atom. The van der Waals surface area contributed by atoms with Gasteiger partial charge in [0.05, 0.1) is 21.7 Å². The van der Waals surface area contributed by atoms with Crippen LogP contribution in [0.5, 0.6) is 0 Å². The first-order chi connectivity index (χ1) is 16.7. The van der Waals surface area contributed by atoms with Gasteiger partial charge in [0, 0.05) is 61.7 Å². The van der Waals surface area contributed by atoms with Crippen molar-refractivity contribution in [2.45, 2.75) is 38.0 Å². The molecule has 0 radical (unpaired) electrons. The van der Waals surface area contributed by atoms with Gasteiger partial charge in [0.1, 0.15) is 4.90 Å². The van der Waals surface area contributed by atoms with E-state index < -0.39 is 19.9 Å². The molecule has 0 aromatic heterocycles. The number of sulfonamides is 1. The first kappa shape index (κ1) is 26.0. The topological polar surface area (TPSA) is 151 Å². The number of hydrogen-bond acceptors (Lipinski definition) is 9. The number of non-ortho nitro benzene ring substituents is 2. The van der Waals surface area contributed by atoms with Crippen LogP contribution in [0.4, 0.5) is 22.7 Å². The van der Waals surface area contributed by atoms with Crippen LogP contribution in [-0.4, -0.2) is 55.0 Å². The lowest BCUT2D eigenvalue weighted by molar-refractivity contribution is -0.385. The number of nitrogens with one attached hydrogen (secondary N) is 1. The largest absolute Gasteiger partial charge is 0.371 e. The van der Waals surface area contributed by atoms with Crippen LogP contribution < -0.4 is 10.3 Å². The zero-order valence-electron chi connectivity index (χ0n) is 19.6. The summed E-state index contributed by atoms with van der Waals surface area (Å²) >= 11 is 0. The molecule has 2 aromatic rings.